The minimum absolute atomic E-state index is 0.588. The van der Waals surface area contributed by atoms with E-state index in [4.69, 9.17) is 52.1 Å². The highest BCUT2D eigenvalue weighted by atomic mass is 16.8. The molecule has 0 spiro atoms. The molecule has 2 saturated heterocycles. The van der Waals surface area contributed by atoms with E-state index in [1.54, 1.807) is 0 Å². The van der Waals surface area contributed by atoms with E-state index in [0.29, 0.717) is 0 Å². The second-order valence-electron chi connectivity index (χ2n) is 10.3. The second kappa shape index (κ2) is 17.0. The average molecular weight is 679 g/mol. The van der Waals surface area contributed by atoms with Crippen LogP contribution in [-0.4, -0.2) is 122 Å². The Bertz CT molecular complexity index is 1210. The third-order valence-corrected chi connectivity index (χ3v) is 6.24. The van der Waals surface area contributed by atoms with Crippen molar-refractivity contribution in [1.29, 1.82) is 0 Å². The molecular formula is C28H38O19. The van der Waals surface area contributed by atoms with Gasteiger partial charge in [0.05, 0.1) is 0 Å². The number of rotatable bonds is 13. The predicted molar refractivity (Wildman–Crippen MR) is 145 cm³/mol. The van der Waals surface area contributed by atoms with E-state index in [1.165, 1.54) is 0 Å². The van der Waals surface area contributed by atoms with Crippen molar-refractivity contribution in [3.05, 3.63) is 0 Å². The van der Waals surface area contributed by atoms with Gasteiger partial charge in [-0.3, -0.25) is 38.4 Å². The van der Waals surface area contributed by atoms with Gasteiger partial charge >= 0.3 is 47.8 Å². The Hall–Kier alpha value is -4.36. The minimum atomic E-state index is -2.48. The van der Waals surface area contributed by atoms with E-state index >= 15 is 0 Å². The van der Waals surface area contributed by atoms with E-state index < -0.39 is 122 Å². The van der Waals surface area contributed by atoms with Crippen LogP contribution in [0.1, 0.15) is 55.4 Å². The first-order chi connectivity index (χ1) is 21.8. The lowest BCUT2D eigenvalue weighted by Crippen LogP contribution is -2.65. The van der Waals surface area contributed by atoms with Crippen LogP contribution in [-0.2, 0) is 90.5 Å². The fourth-order valence-electron chi connectivity index (χ4n) is 4.76. The van der Waals surface area contributed by atoms with Gasteiger partial charge in [-0.25, -0.2) is 0 Å². The molecule has 2 fully saturated rings. The quantitative estimate of drug-likeness (QED) is 0.171. The molecule has 2 aliphatic rings. The molecule has 2 aliphatic heterocycles. The van der Waals surface area contributed by atoms with Crippen LogP contribution in [0.2, 0.25) is 0 Å². The Labute approximate surface area is 268 Å². The van der Waals surface area contributed by atoms with Crippen LogP contribution >= 0.6 is 0 Å². The molecule has 0 aromatic heterocycles. The maximum atomic E-state index is 12.3. The molecule has 264 valence electrons. The molecule has 19 nitrogen and oxygen atoms in total. The summed E-state index contributed by atoms with van der Waals surface area (Å²) < 4.78 is 60.5. The Morgan fingerprint density at radius 1 is 0.489 bits per heavy atom. The van der Waals surface area contributed by atoms with Gasteiger partial charge in [0.15, 0.2) is 30.5 Å². The van der Waals surface area contributed by atoms with Crippen molar-refractivity contribution in [3.63, 3.8) is 0 Å². The van der Waals surface area contributed by atoms with Crippen molar-refractivity contribution in [1.82, 2.24) is 0 Å². The van der Waals surface area contributed by atoms with Gasteiger partial charge in [0.2, 0.25) is 12.1 Å². The lowest BCUT2D eigenvalue weighted by atomic mass is 9.97. The standard InChI is InChI=1S/C28H38O19/c1-12(29)37-9-20-22(40-15(4)32)24(42-17(6)34)25(43-18(7)35)27(45-20)47-28(11-39-14(3)31)26(44-19(8)36)23(41-16(5)33)21(46-28)10-38-13(2)30/h20-27H,9-11H2,1-8H3/t20-,21-,22-,23-,24+,25-,26+,27+,28-/m1/s1. The summed E-state index contributed by atoms with van der Waals surface area (Å²) in [7, 11) is 0. The first-order valence-corrected chi connectivity index (χ1v) is 14.1. The predicted octanol–water partition coefficient (Wildman–Crippen LogP) is -0.829. The molecule has 0 N–H and O–H groups in total. The highest BCUT2D eigenvalue weighted by Crippen LogP contribution is 2.41. The molecular weight excluding hydrogens is 640 g/mol. The summed E-state index contributed by atoms with van der Waals surface area (Å²) >= 11 is 0. The van der Waals surface area contributed by atoms with Crippen LogP contribution in [0.25, 0.3) is 0 Å². The Balaban J connectivity index is 2.78. The number of hydrogen-bond acceptors (Lipinski definition) is 19. The molecule has 0 unspecified atom stereocenters. The molecule has 0 radical (unpaired) electrons. The van der Waals surface area contributed by atoms with Crippen LogP contribution in [0, 0.1) is 0 Å². The van der Waals surface area contributed by atoms with Gasteiger partial charge in [-0.05, 0) is 0 Å². The first-order valence-electron chi connectivity index (χ1n) is 14.1. The minimum Gasteiger partial charge on any atom is -0.463 e. The number of carbonyl (C=O) groups is 8. The number of hydrogen-bond donors (Lipinski definition) is 0. The van der Waals surface area contributed by atoms with Gasteiger partial charge in [-0.1, -0.05) is 0 Å². The normalized spacial score (nSPS) is 29.8. The number of esters is 8. The van der Waals surface area contributed by atoms with Gasteiger partial charge < -0.3 is 52.1 Å². The van der Waals surface area contributed by atoms with Crippen LogP contribution < -0.4 is 0 Å². The van der Waals surface area contributed by atoms with E-state index in [1.807, 2.05) is 0 Å². The van der Waals surface area contributed by atoms with Crippen molar-refractivity contribution >= 4 is 47.8 Å². The summed E-state index contributed by atoms with van der Waals surface area (Å²) in [6.07, 6.45) is -13.2. The molecule has 0 aromatic carbocycles. The molecule has 0 saturated carbocycles. The van der Waals surface area contributed by atoms with Gasteiger partial charge in [-0.2, -0.15) is 0 Å². The topological polar surface area (TPSA) is 238 Å². The van der Waals surface area contributed by atoms with Crippen molar-refractivity contribution in [2.45, 2.75) is 110 Å². The summed E-state index contributed by atoms with van der Waals surface area (Å²) in [5.74, 6) is -9.54. The molecule has 0 bridgehead atoms. The van der Waals surface area contributed by atoms with Crippen LogP contribution in [0.4, 0.5) is 0 Å². The summed E-state index contributed by atoms with van der Waals surface area (Å²) in [5.41, 5.74) is 0. The van der Waals surface area contributed by atoms with Crippen LogP contribution in [0.15, 0.2) is 0 Å². The fraction of sp³-hybridized carbons (Fsp3) is 0.714. The zero-order chi connectivity index (χ0) is 35.6. The maximum Gasteiger partial charge on any atom is 0.303 e. The van der Waals surface area contributed by atoms with Crippen molar-refractivity contribution in [2.75, 3.05) is 19.8 Å². The molecule has 47 heavy (non-hydrogen) atoms. The van der Waals surface area contributed by atoms with Crippen LogP contribution in [0.5, 0.6) is 0 Å². The third-order valence-electron chi connectivity index (χ3n) is 6.24. The summed E-state index contributed by atoms with van der Waals surface area (Å²) in [6, 6.07) is 0. The van der Waals surface area contributed by atoms with E-state index in [-0.39, 0.29) is 0 Å². The molecule has 0 amide bonds. The van der Waals surface area contributed by atoms with Crippen LogP contribution in [0.3, 0.4) is 0 Å². The van der Waals surface area contributed by atoms with Gasteiger partial charge in [0.1, 0.15) is 32.0 Å². The largest absolute Gasteiger partial charge is 0.463 e. The molecule has 9 atom stereocenters. The van der Waals surface area contributed by atoms with E-state index in [9.17, 15) is 38.4 Å². The molecule has 2 rings (SSSR count). The molecule has 0 aliphatic carbocycles. The smallest absolute Gasteiger partial charge is 0.303 e. The highest BCUT2D eigenvalue weighted by molar-refractivity contribution is 5.69. The molecule has 2 heterocycles. The zero-order valence-electron chi connectivity index (χ0n) is 27.0. The van der Waals surface area contributed by atoms with Crippen molar-refractivity contribution in [3.8, 4) is 0 Å². The van der Waals surface area contributed by atoms with E-state index in [2.05, 4.69) is 0 Å². The molecule has 19 heteroatoms. The Morgan fingerprint density at radius 3 is 1.38 bits per heavy atom. The third kappa shape index (κ3) is 11.4. The summed E-state index contributed by atoms with van der Waals surface area (Å²) in [5, 5.41) is 0. The molecule has 0 aromatic rings. The first kappa shape index (κ1) is 38.8. The van der Waals surface area contributed by atoms with E-state index in [0.717, 1.165) is 55.4 Å². The second-order valence-corrected chi connectivity index (χ2v) is 10.3. The fourth-order valence-corrected chi connectivity index (χ4v) is 4.76. The van der Waals surface area contributed by atoms with Crippen molar-refractivity contribution in [2.24, 2.45) is 0 Å². The Kier molecular flexibility index (Phi) is 14.0. The maximum absolute atomic E-state index is 12.3. The lowest BCUT2D eigenvalue weighted by Gasteiger charge is -2.46. The monoisotopic (exact) mass is 678 g/mol. The van der Waals surface area contributed by atoms with Crippen molar-refractivity contribution < 1.29 is 90.5 Å². The number of carbonyl (C=O) groups excluding carboxylic acids is 8. The van der Waals surface area contributed by atoms with Gasteiger partial charge in [0.25, 0.3) is 0 Å². The van der Waals surface area contributed by atoms with Gasteiger partial charge in [-0.15, -0.1) is 0 Å². The average Bonchev–Trinajstić information content (AvgIpc) is 3.18. The SMILES string of the molecule is CC(=O)OC[C@H]1O[C@](COC(C)=O)(O[C@@H]2O[C@H](COC(C)=O)[C@@H](OC(C)=O)[C@H](OC(C)=O)[C@H]2OC(C)=O)[C@@H](OC(C)=O)[C@@H]1OC(C)=O. The zero-order valence-corrected chi connectivity index (χ0v) is 27.0. The number of ether oxygens (including phenoxy) is 11. The Morgan fingerprint density at radius 2 is 0.915 bits per heavy atom. The highest BCUT2D eigenvalue weighted by Gasteiger charge is 2.65. The lowest BCUT2D eigenvalue weighted by molar-refractivity contribution is -0.384. The summed E-state index contributed by atoms with van der Waals surface area (Å²) in [6.45, 7) is 6.12. The van der Waals surface area contributed by atoms with Gasteiger partial charge in [0, 0.05) is 55.4 Å². The summed E-state index contributed by atoms with van der Waals surface area (Å²) in [4.78, 5) is 96.4.